The predicted molar refractivity (Wildman–Crippen MR) is 124 cm³/mol. The SMILES string of the molecule is COc1ccccc1C1CCN(C(=O)c2nc3c(C(F)(F)F)cc(-c4ccoc4)cn3c2Cl)CC1. The molecular formula is C25H21ClF3N3O3. The van der Waals surface area contributed by atoms with Gasteiger partial charge in [0.25, 0.3) is 5.91 Å². The van der Waals surface area contributed by atoms with Gasteiger partial charge in [-0.15, -0.1) is 0 Å². The van der Waals surface area contributed by atoms with Crippen LogP contribution in [0.3, 0.4) is 0 Å². The van der Waals surface area contributed by atoms with Crippen molar-refractivity contribution < 1.29 is 27.1 Å². The molecular weight excluding hydrogens is 483 g/mol. The molecule has 3 aromatic heterocycles. The Labute approximate surface area is 203 Å². The summed E-state index contributed by atoms with van der Waals surface area (Å²) in [6.07, 6.45) is 0.819. The van der Waals surface area contributed by atoms with Crippen molar-refractivity contribution in [1.82, 2.24) is 14.3 Å². The molecule has 1 aromatic carbocycles. The Hall–Kier alpha value is -3.46. The number of hydrogen-bond acceptors (Lipinski definition) is 4. The minimum Gasteiger partial charge on any atom is -0.496 e. The molecule has 0 spiro atoms. The fourth-order valence-corrected chi connectivity index (χ4v) is 4.85. The number of halogens is 4. The Morgan fingerprint density at radius 2 is 1.91 bits per heavy atom. The quantitative estimate of drug-likeness (QED) is 0.328. The van der Waals surface area contributed by atoms with Crippen LogP contribution in [0.1, 0.15) is 40.4 Å². The summed E-state index contributed by atoms with van der Waals surface area (Å²) in [5, 5.41) is -0.160. The van der Waals surface area contributed by atoms with Gasteiger partial charge < -0.3 is 14.1 Å². The smallest absolute Gasteiger partial charge is 0.420 e. The van der Waals surface area contributed by atoms with E-state index in [9.17, 15) is 18.0 Å². The molecule has 0 radical (unpaired) electrons. The lowest BCUT2D eigenvalue weighted by Crippen LogP contribution is -2.38. The first-order chi connectivity index (χ1) is 16.8. The molecule has 0 saturated carbocycles. The lowest BCUT2D eigenvalue weighted by molar-refractivity contribution is -0.136. The van der Waals surface area contributed by atoms with E-state index in [0.717, 1.165) is 21.8 Å². The number of aromatic nitrogens is 2. The van der Waals surface area contributed by atoms with Gasteiger partial charge in [0.1, 0.15) is 10.9 Å². The summed E-state index contributed by atoms with van der Waals surface area (Å²) >= 11 is 6.44. The number of methoxy groups -OCH3 is 1. The average Bonchev–Trinajstić information content (AvgIpc) is 3.51. The topological polar surface area (TPSA) is 60.0 Å². The van der Waals surface area contributed by atoms with Crippen molar-refractivity contribution in [3.63, 3.8) is 0 Å². The van der Waals surface area contributed by atoms with Crippen LogP contribution in [-0.2, 0) is 6.18 Å². The third-order valence-corrected chi connectivity index (χ3v) is 6.75. The fraction of sp³-hybridized carbons (Fsp3) is 0.280. The maximum Gasteiger partial charge on any atom is 0.420 e. The van der Waals surface area contributed by atoms with Gasteiger partial charge in [-0.1, -0.05) is 29.8 Å². The Balaban J connectivity index is 1.45. The average molecular weight is 504 g/mol. The number of benzene rings is 1. The van der Waals surface area contributed by atoms with Crippen molar-refractivity contribution in [3.05, 3.63) is 77.1 Å². The molecule has 1 fully saturated rings. The molecule has 1 amide bonds. The van der Waals surface area contributed by atoms with Crippen LogP contribution in [0.4, 0.5) is 13.2 Å². The van der Waals surface area contributed by atoms with Gasteiger partial charge in [-0.2, -0.15) is 13.2 Å². The number of hydrogen-bond donors (Lipinski definition) is 0. The Morgan fingerprint density at radius 1 is 1.17 bits per heavy atom. The molecule has 0 bridgehead atoms. The second-order valence-corrected chi connectivity index (χ2v) is 8.76. The first kappa shape index (κ1) is 23.3. The van der Waals surface area contributed by atoms with E-state index in [1.807, 2.05) is 24.3 Å². The zero-order chi connectivity index (χ0) is 24.7. The minimum absolute atomic E-state index is 0.160. The van der Waals surface area contributed by atoms with Crippen molar-refractivity contribution in [2.75, 3.05) is 20.2 Å². The van der Waals surface area contributed by atoms with Crippen LogP contribution in [0.5, 0.6) is 5.75 Å². The number of piperidine rings is 1. The third-order valence-electron chi connectivity index (χ3n) is 6.39. The van der Waals surface area contributed by atoms with Crippen molar-refractivity contribution >= 4 is 23.2 Å². The number of amides is 1. The number of pyridine rings is 1. The summed E-state index contributed by atoms with van der Waals surface area (Å²) < 4.78 is 53.2. The Kier molecular flexibility index (Phi) is 5.96. The van der Waals surface area contributed by atoms with E-state index in [1.54, 1.807) is 18.1 Å². The van der Waals surface area contributed by atoms with Gasteiger partial charge in [0.05, 0.1) is 25.2 Å². The van der Waals surface area contributed by atoms with Gasteiger partial charge in [0, 0.05) is 30.4 Å². The number of furan rings is 1. The second kappa shape index (κ2) is 8.96. The van der Waals surface area contributed by atoms with Gasteiger partial charge >= 0.3 is 6.18 Å². The van der Waals surface area contributed by atoms with Gasteiger partial charge in [0.2, 0.25) is 0 Å². The van der Waals surface area contributed by atoms with Crippen LogP contribution in [-0.4, -0.2) is 40.4 Å². The lowest BCUT2D eigenvalue weighted by Gasteiger charge is -2.32. The monoisotopic (exact) mass is 503 g/mol. The molecule has 1 saturated heterocycles. The van der Waals surface area contributed by atoms with Crippen LogP contribution in [0.25, 0.3) is 16.8 Å². The molecule has 35 heavy (non-hydrogen) atoms. The van der Waals surface area contributed by atoms with E-state index in [4.69, 9.17) is 20.8 Å². The van der Waals surface area contributed by atoms with E-state index in [1.165, 1.54) is 18.7 Å². The molecule has 1 aliphatic rings. The number of alkyl halides is 3. The number of ether oxygens (including phenoxy) is 1. The van der Waals surface area contributed by atoms with Crippen LogP contribution < -0.4 is 4.74 Å². The standard InChI is InChI=1S/C25H21ClF3N3O3/c1-34-20-5-3-2-4-18(20)15-6-9-31(10-7-15)24(33)21-22(26)32-13-17(16-8-11-35-14-16)12-19(23(32)30-21)25(27,28)29/h2-5,8,11-15H,6-7,9-10H2,1H3. The maximum absolute atomic E-state index is 13.9. The zero-order valence-electron chi connectivity index (χ0n) is 18.7. The van der Waals surface area contributed by atoms with Crippen LogP contribution >= 0.6 is 11.6 Å². The fourth-order valence-electron chi connectivity index (χ4n) is 4.60. The lowest BCUT2D eigenvalue weighted by atomic mass is 9.88. The summed E-state index contributed by atoms with van der Waals surface area (Å²) in [5.41, 5.74) is 0.184. The number of likely N-dealkylation sites (tertiary alicyclic amines) is 1. The minimum atomic E-state index is -4.69. The number of rotatable bonds is 4. The van der Waals surface area contributed by atoms with E-state index >= 15 is 0 Å². The van der Waals surface area contributed by atoms with Crippen LogP contribution in [0, 0.1) is 0 Å². The van der Waals surface area contributed by atoms with E-state index in [2.05, 4.69) is 4.98 Å². The van der Waals surface area contributed by atoms with Crippen molar-refractivity contribution in [3.8, 4) is 16.9 Å². The first-order valence-corrected chi connectivity index (χ1v) is 11.4. The van der Waals surface area contributed by atoms with E-state index < -0.39 is 23.3 Å². The van der Waals surface area contributed by atoms with E-state index in [-0.39, 0.29) is 22.3 Å². The summed E-state index contributed by atoms with van der Waals surface area (Å²) in [5.74, 6) is 0.519. The highest BCUT2D eigenvalue weighted by Crippen LogP contribution is 2.38. The molecule has 182 valence electrons. The molecule has 4 aromatic rings. The number of para-hydroxylation sites is 1. The highest BCUT2D eigenvalue weighted by molar-refractivity contribution is 6.33. The summed E-state index contributed by atoms with van der Waals surface area (Å²) in [6.45, 7) is 0.857. The van der Waals surface area contributed by atoms with E-state index in [0.29, 0.717) is 31.5 Å². The molecule has 0 unspecified atom stereocenters. The molecule has 6 nitrogen and oxygen atoms in total. The van der Waals surface area contributed by atoms with Gasteiger partial charge in [0.15, 0.2) is 11.3 Å². The Bertz CT molecular complexity index is 1370. The molecule has 0 atom stereocenters. The zero-order valence-corrected chi connectivity index (χ0v) is 19.4. The van der Waals surface area contributed by atoms with Crippen molar-refractivity contribution in [2.45, 2.75) is 24.9 Å². The van der Waals surface area contributed by atoms with Gasteiger partial charge in [-0.05, 0) is 42.5 Å². The third kappa shape index (κ3) is 4.25. The highest BCUT2D eigenvalue weighted by atomic mass is 35.5. The summed E-state index contributed by atoms with van der Waals surface area (Å²) in [4.78, 5) is 18.9. The van der Waals surface area contributed by atoms with Crippen molar-refractivity contribution in [2.24, 2.45) is 0 Å². The normalized spacial score (nSPS) is 15.1. The second-order valence-electron chi connectivity index (χ2n) is 8.41. The van der Waals surface area contributed by atoms with Crippen molar-refractivity contribution in [1.29, 1.82) is 0 Å². The molecule has 10 heteroatoms. The molecule has 4 heterocycles. The molecule has 0 aliphatic carbocycles. The molecule has 5 rings (SSSR count). The number of carbonyl (C=O) groups excluding carboxylic acids is 1. The number of imidazole rings is 1. The summed E-state index contributed by atoms with van der Waals surface area (Å²) in [6, 6.07) is 10.3. The first-order valence-electron chi connectivity index (χ1n) is 11.0. The van der Waals surface area contributed by atoms with Crippen LogP contribution in [0.2, 0.25) is 5.15 Å². The summed E-state index contributed by atoms with van der Waals surface area (Å²) in [7, 11) is 1.62. The molecule has 1 aliphatic heterocycles. The molecule has 0 N–H and O–H groups in total. The van der Waals surface area contributed by atoms with Crippen LogP contribution in [0.15, 0.2) is 59.5 Å². The predicted octanol–water partition coefficient (Wildman–Crippen LogP) is 6.29. The van der Waals surface area contributed by atoms with Gasteiger partial charge in [-0.3, -0.25) is 9.20 Å². The number of carbonyl (C=O) groups is 1. The highest BCUT2D eigenvalue weighted by Gasteiger charge is 2.37. The van der Waals surface area contributed by atoms with Gasteiger partial charge in [-0.25, -0.2) is 4.98 Å². The number of fused-ring (bicyclic) bond motifs is 1. The number of nitrogens with zero attached hydrogens (tertiary/aromatic N) is 3. The Morgan fingerprint density at radius 3 is 2.57 bits per heavy atom. The maximum atomic E-state index is 13.9. The largest absolute Gasteiger partial charge is 0.496 e.